The van der Waals surface area contributed by atoms with Crippen molar-refractivity contribution in [2.45, 2.75) is 38.5 Å². The molecule has 3 N–H and O–H groups in total. The maximum absolute atomic E-state index is 12.0. The van der Waals surface area contributed by atoms with Crippen LogP contribution in [0.5, 0.6) is 5.75 Å². The van der Waals surface area contributed by atoms with Crippen molar-refractivity contribution in [1.82, 2.24) is 5.32 Å². The molecule has 1 unspecified atom stereocenters. The second-order valence-corrected chi connectivity index (χ2v) is 7.77. The van der Waals surface area contributed by atoms with Crippen molar-refractivity contribution in [3.63, 3.8) is 0 Å². The Balaban J connectivity index is 2.23. The standard InChI is InChI=1S/C16H23N2O8P/c19-15(17-11-3-1-2-6-16(20)21)5-4-12-27(24,25)26-14-9-7-13(8-10-14)18(22)23/h7-10H,1-6,11-12H2,(H,17,19)(H,20,21)(H,24,25). The number of carboxylic acid groups (broad SMARTS) is 1. The Hall–Kier alpha value is -2.45. The van der Waals surface area contributed by atoms with Gasteiger partial charge in [0.25, 0.3) is 5.69 Å². The number of non-ortho nitro benzene ring substituents is 1. The van der Waals surface area contributed by atoms with Crippen LogP contribution in [0.1, 0.15) is 38.5 Å². The van der Waals surface area contributed by atoms with E-state index in [1.165, 1.54) is 24.3 Å². The van der Waals surface area contributed by atoms with E-state index < -0.39 is 18.5 Å². The molecule has 0 bridgehead atoms. The maximum Gasteiger partial charge on any atom is 0.376 e. The summed E-state index contributed by atoms with van der Waals surface area (Å²) in [6.45, 7) is 0.425. The van der Waals surface area contributed by atoms with Crippen LogP contribution in [-0.4, -0.2) is 39.5 Å². The summed E-state index contributed by atoms with van der Waals surface area (Å²) in [5, 5.41) is 21.7. The number of hydrogen-bond donors (Lipinski definition) is 3. The Bertz CT molecular complexity index is 692. The van der Waals surface area contributed by atoms with Crippen LogP contribution < -0.4 is 9.84 Å². The highest BCUT2D eigenvalue weighted by molar-refractivity contribution is 7.53. The van der Waals surface area contributed by atoms with E-state index in [0.717, 1.165) is 0 Å². The van der Waals surface area contributed by atoms with E-state index in [1.807, 2.05) is 0 Å². The van der Waals surface area contributed by atoms with Gasteiger partial charge in [-0.1, -0.05) is 6.42 Å². The van der Waals surface area contributed by atoms with Gasteiger partial charge in [0.1, 0.15) is 5.75 Å². The van der Waals surface area contributed by atoms with Gasteiger partial charge in [-0.3, -0.25) is 19.7 Å². The van der Waals surface area contributed by atoms with E-state index >= 15 is 0 Å². The van der Waals surface area contributed by atoms with Crippen molar-refractivity contribution >= 4 is 25.2 Å². The van der Waals surface area contributed by atoms with Crippen LogP contribution in [0.4, 0.5) is 5.69 Å². The summed E-state index contributed by atoms with van der Waals surface area (Å²) in [5.41, 5.74) is -0.158. The first-order valence-electron chi connectivity index (χ1n) is 8.44. The Morgan fingerprint density at radius 3 is 2.37 bits per heavy atom. The number of nitro groups is 1. The molecule has 1 atom stereocenters. The largest absolute Gasteiger partial charge is 0.481 e. The zero-order chi connectivity index (χ0) is 20.3. The lowest BCUT2D eigenvalue weighted by Crippen LogP contribution is -2.24. The number of amides is 1. The van der Waals surface area contributed by atoms with Gasteiger partial charge in [-0.25, -0.2) is 4.57 Å². The minimum Gasteiger partial charge on any atom is -0.481 e. The van der Waals surface area contributed by atoms with Crippen LogP contribution in [0.2, 0.25) is 0 Å². The van der Waals surface area contributed by atoms with Crippen LogP contribution in [0.15, 0.2) is 24.3 Å². The molecule has 0 spiro atoms. The molecule has 1 aromatic rings. The molecular weight excluding hydrogens is 379 g/mol. The van der Waals surface area contributed by atoms with E-state index in [2.05, 4.69) is 5.32 Å². The number of unbranched alkanes of at least 4 members (excludes halogenated alkanes) is 2. The van der Waals surface area contributed by atoms with E-state index in [4.69, 9.17) is 9.63 Å². The van der Waals surface area contributed by atoms with Crippen molar-refractivity contribution in [3.8, 4) is 5.75 Å². The molecule has 150 valence electrons. The lowest BCUT2D eigenvalue weighted by Gasteiger charge is -2.13. The second kappa shape index (κ2) is 11.3. The van der Waals surface area contributed by atoms with Crippen LogP contribution >= 0.6 is 7.60 Å². The summed E-state index contributed by atoms with van der Waals surface area (Å²) in [5.74, 6) is -1.07. The highest BCUT2D eigenvalue weighted by atomic mass is 31.2. The number of aliphatic carboxylic acids is 1. The van der Waals surface area contributed by atoms with Crippen molar-refractivity contribution in [1.29, 1.82) is 0 Å². The van der Waals surface area contributed by atoms with Crippen molar-refractivity contribution in [3.05, 3.63) is 34.4 Å². The van der Waals surface area contributed by atoms with Gasteiger partial charge in [-0.15, -0.1) is 0 Å². The number of nitro benzene ring substituents is 1. The predicted octanol–water partition coefficient (Wildman–Crippen LogP) is 2.70. The molecular formula is C16H23N2O8P. The fourth-order valence-corrected chi connectivity index (χ4v) is 3.27. The molecule has 0 aliphatic carbocycles. The number of nitrogens with one attached hydrogen (secondary N) is 1. The topological polar surface area (TPSA) is 156 Å². The van der Waals surface area contributed by atoms with Gasteiger partial charge in [0.2, 0.25) is 5.91 Å². The molecule has 1 amide bonds. The van der Waals surface area contributed by atoms with Crippen molar-refractivity contribution in [2.24, 2.45) is 0 Å². The molecule has 0 aliphatic rings. The molecule has 0 saturated heterocycles. The molecule has 0 radical (unpaired) electrons. The van der Waals surface area contributed by atoms with Gasteiger partial charge in [-0.2, -0.15) is 0 Å². The zero-order valence-corrected chi connectivity index (χ0v) is 15.6. The Morgan fingerprint density at radius 1 is 1.11 bits per heavy atom. The number of hydrogen-bond acceptors (Lipinski definition) is 6. The van der Waals surface area contributed by atoms with Gasteiger partial charge >= 0.3 is 13.6 Å². The predicted molar refractivity (Wildman–Crippen MR) is 96.8 cm³/mol. The fraction of sp³-hybridized carbons (Fsp3) is 0.500. The molecule has 1 rings (SSSR count). The number of rotatable bonds is 13. The molecule has 10 nitrogen and oxygen atoms in total. The SMILES string of the molecule is O=C(O)CCCCCNC(=O)CCCP(=O)(O)Oc1ccc([N+](=O)[O-])cc1. The minimum absolute atomic E-state index is 0.0391. The molecule has 11 heteroatoms. The molecule has 0 aromatic heterocycles. The van der Waals surface area contributed by atoms with E-state index in [0.29, 0.717) is 25.8 Å². The van der Waals surface area contributed by atoms with Gasteiger partial charge in [0, 0.05) is 31.5 Å². The third-order valence-corrected chi connectivity index (χ3v) is 4.91. The van der Waals surface area contributed by atoms with Crippen LogP contribution in [0.3, 0.4) is 0 Å². The average Bonchev–Trinajstić information content (AvgIpc) is 2.57. The van der Waals surface area contributed by atoms with Gasteiger partial charge in [0.05, 0.1) is 11.1 Å². The van der Waals surface area contributed by atoms with E-state index in [9.17, 15) is 29.2 Å². The summed E-state index contributed by atoms with van der Waals surface area (Å²) in [4.78, 5) is 41.8. The number of carbonyl (C=O) groups is 2. The molecule has 0 saturated carbocycles. The molecule has 1 aromatic carbocycles. The number of nitrogens with zero attached hydrogens (tertiary/aromatic N) is 1. The number of carbonyl (C=O) groups excluding carboxylic acids is 1. The Labute approximate surface area is 156 Å². The Morgan fingerprint density at radius 2 is 1.78 bits per heavy atom. The van der Waals surface area contributed by atoms with Crippen LogP contribution in [0.25, 0.3) is 0 Å². The first-order chi connectivity index (χ1) is 12.7. The highest BCUT2D eigenvalue weighted by Gasteiger charge is 2.21. The normalized spacial score (nSPS) is 12.8. The van der Waals surface area contributed by atoms with Gasteiger partial charge in [0.15, 0.2) is 0 Å². The Kier molecular flexibility index (Phi) is 9.46. The average molecular weight is 402 g/mol. The summed E-state index contributed by atoms with van der Waals surface area (Å²) in [7, 11) is -3.97. The lowest BCUT2D eigenvalue weighted by molar-refractivity contribution is -0.384. The molecule has 0 heterocycles. The van der Waals surface area contributed by atoms with Gasteiger partial charge in [-0.05, 0) is 31.4 Å². The van der Waals surface area contributed by atoms with Crippen molar-refractivity contribution in [2.75, 3.05) is 12.7 Å². The molecule has 0 fully saturated rings. The smallest absolute Gasteiger partial charge is 0.376 e. The molecule has 27 heavy (non-hydrogen) atoms. The summed E-state index contributed by atoms with van der Waals surface area (Å²) in [6, 6.07) is 4.80. The lowest BCUT2D eigenvalue weighted by atomic mass is 10.2. The summed E-state index contributed by atoms with van der Waals surface area (Å²) >= 11 is 0. The monoisotopic (exact) mass is 402 g/mol. The van der Waals surface area contributed by atoms with E-state index in [1.54, 1.807) is 0 Å². The third-order valence-electron chi connectivity index (χ3n) is 3.53. The van der Waals surface area contributed by atoms with Gasteiger partial charge < -0.3 is 19.8 Å². The highest BCUT2D eigenvalue weighted by Crippen LogP contribution is 2.43. The third kappa shape index (κ3) is 10.3. The van der Waals surface area contributed by atoms with E-state index in [-0.39, 0.29) is 42.8 Å². The number of benzene rings is 1. The zero-order valence-electron chi connectivity index (χ0n) is 14.7. The quantitative estimate of drug-likeness (QED) is 0.197. The summed E-state index contributed by atoms with van der Waals surface area (Å²) in [6.07, 6.45) is 2.00. The summed E-state index contributed by atoms with van der Waals surface area (Å²) < 4.78 is 17.0. The second-order valence-electron chi connectivity index (χ2n) is 5.86. The maximum atomic E-state index is 12.0. The van der Waals surface area contributed by atoms with Crippen LogP contribution in [0, 0.1) is 10.1 Å². The van der Waals surface area contributed by atoms with Crippen molar-refractivity contribution < 1.29 is 33.6 Å². The van der Waals surface area contributed by atoms with Crippen LogP contribution in [-0.2, 0) is 14.2 Å². The number of carboxylic acids is 1. The molecule has 0 aliphatic heterocycles. The minimum atomic E-state index is -3.97. The first-order valence-corrected chi connectivity index (χ1v) is 10.2. The fourth-order valence-electron chi connectivity index (χ4n) is 2.17. The first kappa shape index (κ1) is 22.6.